The van der Waals surface area contributed by atoms with Gasteiger partial charge < -0.3 is 13.9 Å². The topological polar surface area (TPSA) is 57.4 Å². The summed E-state index contributed by atoms with van der Waals surface area (Å²) in [4.78, 5) is 0. The number of nitrogens with zero attached hydrogens (tertiary/aromatic N) is 2. The predicted octanol–water partition coefficient (Wildman–Crippen LogP) is 4.57. The molecule has 0 amide bonds. The van der Waals surface area contributed by atoms with Crippen LogP contribution in [0.25, 0.3) is 11.5 Å². The molecule has 28 heavy (non-hydrogen) atoms. The van der Waals surface area contributed by atoms with Gasteiger partial charge in [0.2, 0.25) is 11.7 Å². The fraction of sp³-hybridized carbons (Fsp3) is 0.300. The molecule has 0 radical (unpaired) electrons. The van der Waals surface area contributed by atoms with Crippen LogP contribution in [0, 0.1) is 0 Å². The first-order valence-electron chi connectivity index (χ1n) is 8.71. The lowest BCUT2D eigenvalue weighted by molar-refractivity contribution is -0.166. The number of aromatic nitrogens is 2. The molecule has 1 fully saturated rings. The maximum atomic E-state index is 12.7. The van der Waals surface area contributed by atoms with Gasteiger partial charge in [-0.25, -0.2) is 0 Å². The van der Waals surface area contributed by atoms with Gasteiger partial charge in [-0.2, -0.15) is 13.2 Å². The Balaban J connectivity index is 1.60. The predicted molar refractivity (Wildman–Crippen MR) is 93.2 cm³/mol. The lowest BCUT2D eigenvalue weighted by atomic mass is 9.99. The molecule has 3 aromatic rings. The van der Waals surface area contributed by atoms with E-state index in [1.165, 1.54) is 12.1 Å². The molecule has 146 valence electrons. The van der Waals surface area contributed by atoms with Crippen molar-refractivity contribution in [3.05, 3.63) is 71.1 Å². The summed E-state index contributed by atoms with van der Waals surface area (Å²) in [7, 11) is 0. The van der Waals surface area contributed by atoms with Crippen molar-refractivity contribution in [1.82, 2.24) is 10.2 Å². The van der Waals surface area contributed by atoms with Gasteiger partial charge in [0, 0.05) is 5.56 Å². The van der Waals surface area contributed by atoms with E-state index >= 15 is 0 Å². The maximum Gasteiger partial charge on any atom is 0.416 e. The Labute approximate surface area is 159 Å². The third kappa shape index (κ3) is 3.65. The van der Waals surface area contributed by atoms with E-state index in [1.807, 2.05) is 24.3 Å². The van der Waals surface area contributed by atoms with E-state index in [0.29, 0.717) is 31.1 Å². The molecular weight excluding hydrogens is 373 g/mol. The minimum Gasteiger partial charge on any atom is -0.415 e. The molecule has 5 nitrogen and oxygen atoms in total. The second kappa shape index (κ2) is 7.03. The van der Waals surface area contributed by atoms with Crippen LogP contribution in [0.2, 0.25) is 0 Å². The van der Waals surface area contributed by atoms with Crippen molar-refractivity contribution < 1.29 is 27.1 Å². The van der Waals surface area contributed by atoms with Gasteiger partial charge in [-0.3, -0.25) is 0 Å². The summed E-state index contributed by atoms with van der Waals surface area (Å²) in [5.41, 5.74) is 1.64. The van der Waals surface area contributed by atoms with E-state index in [2.05, 4.69) is 10.2 Å². The molecule has 4 rings (SSSR count). The van der Waals surface area contributed by atoms with Crippen molar-refractivity contribution in [2.45, 2.75) is 25.3 Å². The summed E-state index contributed by atoms with van der Waals surface area (Å²) < 4.78 is 55.1. The van der Waals surface area contributed by atoms with Gasteiger partial charge in [-0.05, 0) is 42.7 Å². The smallest absolute Gasteiger partial charge is 0.415 e. The van der Waals surface area contributed by atoms with Gasteiger partial charge >= 0.3 is 6.18 Å². The van der Waals surface area contributed by atoms with Gasteiger partial charge in [-0.1, -0.05) is 30.3 Å². The Morgan fingerprint density at radius 3 is 2.32 bits per heavy atom. The van der Waals surface area contributed by atoms with E-state index in [-0.39, 0.29) is 5.89 Å². The second-order valence-corrected chi connectivity index (χ2v) is 6.58. The Morgan fingerprint density at radius 1 is 0.964 bits per heavy atom. The van der Waals surface area contributed by atoms with Crippen LogP contribution in [0.4, 0.5) is 13.2 Å². The largest absolute Gasteiger partial charge is 0.416 e. The van der Waals surface area contributed by atoms with E-state index in [4.69, 9.17) is 13.9 Å². The summed E-state index contributed by atoms with van der Waals surface area (Å²) in [6, 6.07) is 12.5. The number of hydrogen-bond acceptors (Lipinski definition) is 5. The fourth-order valence-electron chi connectivity index (χ4n) is 3.07. The van der Waals surface area contributed by atoms with Crippen LogP contribution in [0.3, 0.4) is 0 Å². The first-order valence-corrected chi connectivity index (χ1v) is 8.71. The monoisotopic (exact) mass is 390 g/mol. The van der Waals surface area contributed by atoms with Gasteiger partial charge in [0.25, 0.3) is 5.89 Å². The van der Waals surface area contributed by atoms with E-state index < -0.39 is 17.5 Å². The highest BCUT2D eigenvalue weighted by Crippen LogP contribution is 2.33. The van der Waals surface area contributed by atoms with Gasteiger partial charge in [0.1, 0.15) is 0 Å². The zero-order chi connectivity index (χ0) is 19.8. The molecule has 2 aromatic carbocycles. The fourth-order valence-corrected chi connectivity index (χ4v) is 3.07. The third-order valence-corrected chi connectivity index (χ3v) is 4.58. The van der Waals surface area contributed by atoms with Gasteiger partial charge in [0.15, 0.2) is 0 Å². The van der Waals surface area contributed by atoms with E-state index in [0.717, 1.165) is 23.3 Å². The number of alkyl halides is 3. The van der Waals surface area contributed by atoms with Crippen LogP contribution in [0.5, 0.6) is 0 Å². The summed E-state index contributed by atoms with van der Waals surface area (Å²) in [5.74, 6) is -0.532. The SMILES string of the molecule is CC1(c2nnc(-c3ccccc3Cc3ccc(C(F)(F)F)cc3)o2)OCCO1. The lowest BCUT2D eigenvalue weighted by Crippen LogP contribution is -2.22. The van der Waals surface area contributed by atoms with Crippen molar-refractivity contribution in [2.75, 3.05) is 13.2 Å². The molecule has 1 aliphatic rings. The minimum absolute atomic E-state index is 0.226. The third-order valence-electron chi connectivity index (χ3n) is 4.58. The quantitative estimate of drug-likeness (QED) is 0.653. The zero-order valence-corrected chi connectivity index (χ0v) is 15.0. The van der Waals surface area contributed by atoms with Crippen molar-refractivity contribution in [2.24, 2.45) is 0 Å². The number of rotatable bonds is 4. The molecule has 0 N–H and O–H groups in total. The molecule has 1 aliphatic heterocycles. The maximum absolute atomic E-state index is 12.7. The molecule has 0 bridgehead atoms. The highest BCUT2D eigenvalue weighted by Gasteiger charge is 2.39. The lowest BCUT2D eigenvalue weighted by Gasteiger charge is -2.16. The molecular formula is C20H17F3N2O3. The van der Waals surface area contributed by atoms with Crippen LogP contribution in [-0.2, 0) is 27.9 Å². The number of hydrogen-bond donors (Lipinski definition) is 0. The van der Waals surface area contributed by atoms with E-state index in [1.54, 1.807) is 6.92 Å². The Hall–Kier alpha value is -2.71. The van der Waals surface area contributed by atoms with Crippen LogP contribution < -0.4 is 0 Å². The summed E-state index contributed by atoms with van der Waals surface area (Å²) in [5, 5.41) is 8.14. The highest BCUT2D eigenvalue weighted by atomic mass is 19.4. The van der Waals surface area contributed by atoms with E-state index in [9.17, 15) is 13.2 Å². The van der Waals surface area contributed by atoms with Crippen molar-refractivity contribution in [1.29, 1.82) is 0 Å². The summed E-state index contributed by atoms with van der Waals surface area (Å²) in [6.07, 6.45) is -3.92. The van der Waals surface area contributed by atoms with Crippen molar-refractivity contribution >= 4 is 0 Å². The normalized spacial score (nSPS) is 16.4. The molecule has 2 heterocycles. The molecule has 8 heteroatoms. The average Bonchev–Trinajstić information content (AvgIpc) is 3.32. The molecule has 1 aromatic heterocycles. The second-order valence-electron chi connectivity index (χ2n) is 6.58. The Kier molecular flexibility index (Phi) is 4.68. The molecule has 0 aliphatic carbocycles. The zero-order valence-electron chi connectivity index (χ0n) is 15.0. The van der Waals surface area contributed by atoms with Crippen molar-refractivity contribution in [3.63, 3.8) is 0 Å². The van der Waals surface area contributed by atoms with Crippen molar-refractivity contribution in [3.8, 4) is 11.5 Å². The molecule has 0 unspecified atom stereocenters. The number of halogens is 3. The standard InChI is InChI=1S/C20H17F3N2O3/c1-19(26-10-11-27-19)18-25-24-17(28-18)16-5-3-2-4-14(16)12-13-6-8-15(9-7-13)20(21,22)23/h2-9H,10-12H2,1H3. The summed E-state index contributed by atoms with van der Waals surface area (Å²) >= 11 is 0. The summed E-state index contributed by atoms with van der Waals surface area (Å²) in [6.45, 7) is 2.60. The Morgan fingerprint density at radius 2 is 1.64 bits per heavy atom. The first-order chi connectivity index (χ1) is 13.4. The Bertz CT molecular complexity index is 961. The molecule has 1 saturated heterocycles. The van der Waals surface area contributed by atoms with Crippen LogP contribution in [-0.4, -0.2) is 23.4 Å². The molecule has 0 spiro atoms. The molecule has 0 atom stereocenters. The van der Waals surface area contributed by atoms with Crippen LogP contribution in [0.1, 0.15) is 29.5 Å². The number of ether oxygens (including phenoxy) is 2. The minimum atomic E-state index is -4.35. The highest BCUT2D eigenvalue weighted by molar-refractivity contribution is 5.59. The van der Waals surface area contributed by atoms with Gasteiger partial charge in [0.05, 0.1) is 18.8 Å². The van der Waals surface area contributed by atoms with Crippen LogP contribution >= 0.6 is 0 Å². The first kappa shape index (κ1) is 18.6. The van der Waals surface area contributed by atoms with Gasteiger partial charge in [-0.15, -0.1) is 10.2 Å². The van der Waals surface area contributed by atoms with Crippen LogP contribution in [0.15, 0.2) is 52.9 Å². The average molecular weight is 390 g/mol. The molecule has 0 saturated carbocycles. The number of benzene rings is 2.